The predicted octanol–water partition coefficient (Wildman–Crippen LogP) is 0.794. The highest BCUT2D eigenvalue weighted by Crippen LogP contribution is 2.18. The monoisotopic (exact) mass is 72.1 g/mol. The Morgan fingerprint density at radius 2 is 1.40 bits per heavy atom. The first kappa shape index (κ1) is 3.16. The zero-order valence-electron chi connectivity index (χ0n) is 3.56. The van der Waals surface area contributed by atoms with Gasteiger partial charge in [0, 0.05) is 0 Å². The van der Waals surface area contributed by atoms with Crippen molar-refractivity contribution >= 4 is 0 Å². The van der Waals surface area contributed by atoms with Gasteiger partial charge >= 0.3 is 0 Å². The van der Waals surface area contributed by atoms with Crippen LogP contribution in [0.5, 0.6) is 0 Å². The van der Waals surface area contributed by atoms with Gasteiger partial charge in [-0.05, 0) is 13.8 Å². The van der Waals surface area contributed by atoms with E-state index in [1.807, 2.05) is 0 Å². The van der Waals surface area contributed by atoms with Crippen molar-refractivity contribution < 1.29 is 4.74 Å². The normalized spacial score (nSPS) is 49.2. The van der Waals surface area contributed by atoms with Crippen molar-refractivity contribution in [3.8, 4) is 0 Å². The summed E-state index contributed by atoms with van der Waals surface area (Å²) in [6.45, 7) is 4.15. The molecule has 0 radical (unpaired) electrons. The lowest BCUT2D eigenvalue weighted by Gasteiger charge is -1.57. The molecule has 1 saturated heterocycles. The maximum atomic E-state index is 4.92. The molecular weight excluding hydrogens is 64.0 g/mol. The predicted molar refractivity (Wildman–Crippen MR) is 20.0 cm³/mol. The third kappa shape index (κ3) is 0.428. The van der Waals surface area contributed by atoms with Crippen molar-refractivity contribution in [3.05, 3.63) is 0 Å². The van der Waals surface area contributed by atoms with E-state index < -0.39 is 0 Å². The second kappa shape index (κ2) is 0.716. The van der Waals surface area contributed by atoms with Crippen LogP contribution in [-0.4, -0.2) is 12.2 Å². The minimum Gasteiger partial charge on any atom is -0.370 e. The van der Waals surface area contributed by atoms with Crippen LogP contribution in [0.1, 0.15) is 13.8 Å². The second-order valence-corrected chi connectivity index (χ2v) is 1.55. The molecule has 0 aliphatic carbocycles. The highest BCUT2D eigenvalue weighted by atomic mass is 16.6. The molecule has 1 fully saturated rings. The van der Waals surface area contributed by atoms with Crippen molar-refractivity contribution in [2.75, 3.05) is 0 Å². The summed E-state index contributed by atoms with van der Waals surface area (Å²) in [5, 5.41) is 0. The molecular formula is C4H8O. The van der Waals surface area contributed by atoms with E-state index in [0.717, 1.165) is 0 Å². The van der Waals surface area contributed by atoms with Crippen LogP contribution in [0.4, 0.5) is 0 Å². The van der Waals surface area contributed by atoms with Gasteiger partial charge in [-0.1, -0.05) is 0 Å². The molecule has 1 aliphatic rings. The third-order valence-corrected chi connectivity index (χ3v) is 1.01. The van der Waals surface area contributed by atoms with Gasteiger partial charge in [0.1, 0.15) is 0 Å². The molecule has 0 aromatic carbocycles. The fourth-order valence-electron chi connectivity index (χ4n) is 0.293. The molecule has 30 valence electrons. The van der Waals surface area contributed by atoms with Crippen molar-refractivity contribution in [1.29, 1.82) is 0 Å². The zero-order chi connectivity index (χ0) is 3.86. The fraction of sp³-hybridized carbons (Fsp3) is 1.00. The van der Waals surface area contributed by atoms with Crippen molar-refractivity contribution in [1.82, 2.24) is 0 Å². The van der Waals surface area contributed by atoms with Gasteiger partial charge in [0.25, 0.3) is 0 Å². The van der Waals surface area contributed by atoms with E-state index >= 15 is 0 Å². The third-order valence-electron chi connectivity index (χ3n) is 1.01. The summed E-state index contributed by atoms with van der Waals surface area (Å²) in [6.07, 6.45) is 1.10. The molecule has 1 nitrogen and oxygen atoms in total. The van der Waals surface area contributed by atoms with Crippen molar-refractivity contribution in [3.63, 3.8) is 0 Å². The average Bonchev–Trinajstić information content (AvgIpc) is 1.79. The first-order chi connectivity index (χ1) is 2.30. The van der Waals surface area contributed by atoms with Gasteiger partial charge in [0.15, 0.2) is 0 Å². The summed E-state index contributed by atoms with van der Waals surface area (Å²) in [5.74, 6) is 0. The van der Waals surface area contributed by atoms with Crippen LogP contribution < -0.4 is 0 Å². The van der Waals surface area contributed by atoms with Crippen molar-refractivity contribution in [2.45, 2.75) is 26.1 Å². The fourth-order valence-corrected chi connectivity index (χ4v) is 0.293. The smallest absolute Gasteiger partial charge is 0.0811 e. The van der Waals surface area contributed by atoms with E-state index in [9.17, 15) is 0 Å². The molecule has 1 heteroatoms. The average molecular weight is 72.1 g/mol. The summed E-state index contributed by atoms with van der Waals surface area (Å²) in [7, 11) is 0. The number of ether oxygens (including phenoxy) is 1. The number of hydrogen-bond acceptors (Lipinski definition) is 1. The molecule has 0 spiro atoms. The van der Waals surface area contributed by atoms with Crippen LogP contribution in [0.3, 0.4) is 0 Å². The van der Waals surface area contributed by atoms with E-state index in [1.165, 1.54) is 0 Å². The first-order valence-electron chi connectivity index (χ1n) is 1.96. The Morgan fingerprint density at radius 1 is 1.20 bits per heavy atom. The Kier molecular flexibility index (Phi) is 0.453. The second-order valence-electron chi connectivity index (χ2n) is 1.55. The molecule has 1 heterocycles. The summed E-state index contributed by atoms with van der Waals surface area (Å²) in [4.78, 5) is 0. The number of epoxide rings is 1. The van der Waals surface area contributed by atoms with Gasteiger partial charge in [-0.25, -0.2) is 0 Å². The minimum atomic E-state index is 0.551. The molecule has 0 aromatic rings. The number of rotatable bonds is 0. The lowest BCUT2D eigenvalue weighted by atomic mass is 10.4. The van der Waals surface area contributed by atoms with Crippen LogP contribution in [0, 0.1) is 0 Å². The molecule has 1 unspecified atom stereocenters. The van der Waals surface area contributed by atoms with Gasteiger partial charge in [-0.15, -0.1) is 0 Å². The molecule has 0 aromatic heterocycles. The van der Waals surface area contributed by atoms with Crippen molar-refractivity contribution in [2.24, 2.45) is 0 Å². The summed E-state index contributed by atoms with van der Waals surface area (Å²) in [5.41, 5.74) is 0. The Balaban J connectivity index is 2.20. The molecule has 5 heavy (non-hydrogen) atoms. The molecule has 2 atom stereocenters. The Bertz CT molecular complexity index is 36.9. The molecule has 0 amide bonds. The number of hydrogen-bond donors (Lipinski definition) is 0. The lowest BCUT2D eigenvalue weighted by molar-refractivity contribution is 0.389. The van der Waals surface area contributed by atoms with E-state index in [-0.39, 0.29) is 0 Å². The SMILES string of the molecule is CC1O[C@@H]1C. The maximum absolute atomic E-state index is 4.92. The molecule has 0 bridgehead atoms. The molecule has 0 N–H and O–H groups in total. The Hall–Kier alpha value is -0.0400. The van der Waals surface area contributed by atoms with Crippen LogP contribution in [0.25, 0.3) is 0 Å². The van der Waals surface area contributed by atoms with E-state index in [0.29, 0.717) is 12.2 Å². The van der Waals surface area contributed by atoms with Gasteiger partial charge in [-0.2, -0.15) is 0 Å². The summed E-state index contributed by atoms with van der Waals surface area (Å²) in [6, 6.07) is 0. The van der Waals surface area contributed by atoms with E-state index in [1.54, 1.807) is 0 Å². The largest absolute Gasteiger partial charge is 0.370 e. The topological polar surface area (TPSA) is 12.5 Å². The maximum Gasteiger partial charge on any atom is 0.0811 e. The van der Waals surface area contributed by atoms with Gasteiger partial charge < -0.3 is 4.74 Å². The van der Waals surface area contributed by atoms with E-state index in [4.69, 9.17) is 4.74 Å². The van der Waals surface area contributed by atoms with Gasteiger partial charge in [0.2, 0.25) is 0 Å². The lowest BCUT2D eigenvalue weighted by Crippen LogP contribution is -1.74. The molecule has 1 aliphatic heterocycles. The van der Waals surface area contributed by atoms with Gasteiger partial charge in [-0.3, -0.25) is 0 Å². The molecule has 1 rings (SSSR count). The van der Waals surface area contributed by atoms with E-state index in [2.05, 4.69) is 13.8 Å². The highest BCUT2D eigenvalue weighted by molar-refractivity contribution is 4.73. The Labute approximate surface area is 31.9 Å². The highest BCUT2D eigenvalue weighted by Gasteiger charge is 2.27. The quantitative estimate of drug-likeness (QED) is 0.385. The molecule has 0 saturated carbocycles. The van der Waals surface area contributed by atoms with Crippen LogP contribution in [0.2, 0.25) is 0 Å². The van der Waals surface area contributed by atoms with Crippen LogP contribution >= 0.6 is 0 Å². The minimum absolute atomic E-state index is 0.551. The first-order valence-corrected chi connectivity index (χ1v) is 1.96. The van der Waals surface area contributed by atoms with Gasteiger partial charge in [0.05, 0.1) is 12.2 Å². The standard InChI is InChI=1S/C4H8O/c1-3-4(2)5-3/h3-4H,1-2H3/t3-,4?/m1/s1. The summed E-state index contributed by atoms with van der Waals surface area (Å²) < 4.78 is 4.92. The zero-order valence-corrected chi connectivity index (χ0v) is 3.56. The van der Waals surface area contributed by atoms with Crippen LogP contribution in [-0.2, 0) is 4.74 Å². The summed E-state index contributed by atoms with van der Waals surface area (Å²) >= 11 is 0. The van der Waals surface area contributed by atoms with Crippen LogP contribution in [0.15, 0.2) is 0 Å². The Morgan fingerprint density at radius 3 is 1.40 bits per heavy atom.